The van der Waals surface area contributed by atoms with Crippen LogP contribution in [0.3, 0.4) is 0 Å². The van der Waals surface area contributed by atoms with Crippen LogP contribution in [-0.2, 0) is 0 Å². The van der Waals surface area contributed by atoms with Crippen molar-refractivity contribution in [3.05, 3.63) is 65.5 Å². The Morgan fingerprint density at radius 2 is 1.57 bits per heavy atom. The molecule has 2 aromatic carbocycles. The van der Waals surface area contributed by atoms with Crippen molar-refractivity contribution in [3.8, 4) is 23.3 Å². The second kappa shape index (κ2) is 8.39. The van der Waals surface area contributed by atoms with Crippen LogP contribution in [0, 0.1) is 13.8 Å². The van der Waals surface area contributed by atoms with Gasteiger partial charge in [0.05, 0.1) is 36.9 Å². The fourth-order valence-electron chi connectivity index (χ4n) is 2.75. The number of anilines is 1. The number of aryl methyl sites for hydroxylation is 2. The van der Waals surface area contributed by atoms with E-state index in [9.17, 15) is 4.79 Å². The summed E-state index contributed by atoms with van der Waals surface area (Å²) in [4.78, 5) is 21.5. The first kappa shape index (κ1) is 19.2. The van der Waals surface area contributed by atoms with E-state index in [1.54, 1.807) is 32.0 Å². The Morgan fingerprint density at radius 1 is 0.893 bits per heavy atom. The Morgan fingerprint density at radius 3 is 2.18 bits per heavy atom. The molecule has 0 bridgehead atoms. The molecule has 144 valence electrons. The van der Waals surface area contributed by atoms with Gasteiger partial charge in [0.25, 0.3) is 5.91 Å². The summed E-state index contributed by atoms with van der Waals surface area (Å²) in [6, 6.07) is 14.6. The number of amides is 1. The molecule has 0 fully saturated rings. The Labute approximate surface area is 163 Å². The minimum atomic E-state index is -0.345. The van der Waals surface area contributed by atoms with Crippen molar-refractivity contribution in [1.29, 1.82) is 0 Å². The molecule has 1 aromatic heterocycles. The molecule has 0 saturated heterocycles. The lowest BCUT2D eigenvalue weighted by Crippen LogP contribution is -2.16. The summed E-state index contributed by atoms with van der Waals surface area (Å²) in [6.07, 6.45) is 0. The van der Waals surface area contributed by atoms with E-state index in [1.807, 2.05) is 30.3 Å². The smallest absolute Gasteiger partial charge is 0.322 e. The molecule has 28 heavy (non-hydrogen) atoms. The Kier molecular flexibility index (Phi) is 5.74. The topological polar surface area (TPSA) is 82.6 Å². The average Bonchev–Trinajstić information content (AvgIpc) is 2.70. The van der Waals surface area contributed by atoms with Crippen molar-refractivity contribution in [2.75, 3.05) is 19.5 Å². The lowest BCUT2D eigenvalue weighted by atomic mass is 10.1. The molecule has 1 N–H and O–H groups in total. The van der Waals surface area contributed by atoms with Crippen LogP contribution < -0.4 is 19.5 Å². The third-order valence-electron chi connectivity index (χ3n) is 4.09. The SMILES string of the molecule is COc1cccc(C(=O)Nc2c(C)nc(Oc3ccccc3)nc2C)c1OC. The van der Waals surface area contributed by atoms with Gasteiger partial charge in [0.15, 0.2) is 11.5 Å². The zero-order chi connectivity index (χ0) is 20.1. The van der Waals surface area contributed by atoms with E-state index in [0.29, 0.717) is 39.9 Å². The van der Waals surface area contributed by atoms with E-state index in [4.69, 9.17) is 14.2 Å². The number of aromatic nitrogens is 2. The van der Waals surface area contributed by atoms with Crippen molar-refractivity contribution in [1.82, 2.24) is 9.97 Å². The van der Waals surface area contributed by atoms with Gasteiger partial charge in [0.1, 0.15) is 5.75 Å². The maximum atomic E-state index is 12.8. The van der Waals surface area contributed by atoms with Crippen molar-refractivity contribution < 1.29 is 19.0 Å². The number of nitrogens with zero attached hydrogens (tertiary/aromatic N) is 2. The second-order valence-electron chi connectivity index (χ2n) is 5.96. The molecule has 3 rings (SSSR count). The van der Waals surface area contributed by atoms with E-state index in [-0.39, 0.29) is 11.9 Å². The largest absolute Gasteiger partial charge is 0.493 e. The molecule has 3 aromatic rings. The molecular formula is C21H21N3O4. The maximum Gasteiger partial charge on any atom is 0.322 e. The highest BCUT2D eigenvalue weighted by molar-refractivity contribution is 6.07. The normalized spacial score (nSPS) is 10.3. The number of hydrogen-bond donors (Lipinski definition) is 1. The summed E-state index contributed by atoms with van der Waals surface area (Å²) in [5.74, 6) is 1.13. The minimum Gasteiger partial charge on any atom is -0.493 e. The van der Waals surface area contributed by atoms with Gasteiger partial charge in [0.2, 0.25) is 0 Å². The number of nitrogens with one attached hydrogen (secondary N) is 1. The standard InChI is InChI=1S/C21H21N3O4/c1-13-18(14(2)23-21(22-13)28-15-9-6-5-7-10-15)24-20(25)16-11-8-12-17(26-3)19(16)27-4/h5-12H,1-4H3,(H,24,25). The summed E-state index contributed by atoms with van der Waals surface area (Å²) in [5.41, 5.74) is 2.06. The van der Waals surface area contributed by atoms with Gasteiger partial charge in [-0.2, -0.15) is 9.97 Å². The number of benzene rings is 2. The number of carbonyl (C=O) groups excluding carboxylic acids is 1. The highest BCUT2D eigenvalue weighted by Gasteiger charge is 2.19. The summed E-state index contributed by atoms with van der Waals surface area (Å²) in [7, 11) is 3.01. The first-order chi connectivity index (χ1) is 13.5. The molecule has 0 radical (unpaired) electrons. The Balaban J connectivity index is 1.86. The summed E-state index contributed by atoms with van der Waals surface area (Å²) in [5, 5.41) is 2.86. The number of ether oxygens (including phenoxy) is 3. The Hall–Kier alpha value is -3.61. The van der Waals surface area contributed by atoms with E-state index in [1.165, 1.54) is 14.2 Å². The van der Waals surface area contributed by atoms with Crippen LogP contribution in [0.25, 0.3) is 0 Å². The third-order valence-corrected chi connectivity index (χ3v) is 4.09. The molecule has 0 aliphatic heterocycles. The van der Waals surface area contributed by atoms with Gasteiger partial charge < -0.3 is 19.5 Å². The zero-order valence-electron chi connectivity index (χ0n) is 16.1. The summed E-state index contributed by atoms with van der Waals surface area (Å²) >= 11 is 0. The van der Waals surface area contributed by atoms with Gasteiger partial charge in [-0.05, 0) is 38.1 Å². The van der Waals surface area contributed by atoms with E-state index >= 15 is 0 Å². The van der Waals surface area contributed by atoms with Crippen molar-refractivity contribution in [2.45, 2.75) is 13.8 Å². The van der Waals surface area contributed by atoms with Gasteiger partial charge in [-0.1, -0.05) is 24.3 Å². The molecule has 0 spiro atoms. The number of hydrogen-bond acceptors (Lipinski definition) is 6. The van der Waals surface area contributed by atoms with Gasteiger partial charge in [-0.15, -0.1) is 0 Å². The van der Waals surface area contributed by atoms with Crippen LogP contribution in [-0.4, -0.2) is 30.1 Å². The van der Waals surface area contributed by atoms with Gasteiger partial charge in [-0.25, -0.2) is 0 Å². The molecular weight excluding hydrogens is 358 g/mol. The van der Waals surface area contributed by atoms with E-state index in [2.05, 4.69) is 15.3 Å². The highest BCUT2D eigenvalue weighted by Crippen LogP contribution is 2.32. The first-order valence-corrected chi connectivity index (χ1v) is 8.64. The molecule has 0 aliphatic rings. The van der Waals surface area contributed by atoms with E-state index < -0.39 is 0 Å². The van der Waals surface area contributed by atoms with Crippen LogP contribution in [0.1, 0.15) is 21.7 Å². The maximum absolute atomic E-state index is 12.8. The second-order valence-corrected chi connectivity index (χ2v) is 5.96. The lowest BCUT2D eigenvalue weighted by Gasteiger charge is -2.15. The molecule has 1 heterocycles. The highest BCUT2D eigenvalue weighted by atomic mass is 16.5. The van der Waals surface area contributed by atoms with Crippen molar-refractivity contribution in [3.63, 3.8) is 0 Å². The zero-order valence-corrected chi connectivity index (χ0v) is 16.1. The quantitative estimate of drug-likeness (QED) is 0.693. The Bertz CT molecular complexity index is 967. The molecule has 7 nitrogen and oxygen atoms in total. The first-order valence-electron chi connectivity index (χ1n) is 8.64. The number of methoxy groups -OCH3 is 2. The average molecular weight is 379 g/mol. The van der Waals surface area contributed by atoms with Gasteiger partial charge in [-0.3, -0.25) is 4.79 Å². The fourth-order valence-corrected chi connectivity index (χ4v) is 2.75. The summed E-state index contributed by atoms with van der Waals surface area (Å²) in [6.45, 7) is 3.57. The van der Waals surface area contributed by atoms with Crippen molar-refractivity contribution in [2.24, 2.45) is 0 Å². The van der Waals surface area contributed by atoms with Crippen LogP contribution >= 0.6 is 0 Å². The number of para-hydroxylation sites is 2. The van der Waals surface area contributed by atoms with Crippen molar-refractivity contribution >= 4 is 11.6 Å². The van der Waals surface area contributed by atoms with Crippen LogP contribution in [0.5, 0.6) is 23.3 Å². The number of carbonyl (C=O) groups is 1. The van der Waals surface area contributed by atoms with Crippen LogP contribution in [0.2, 0.25) is 0 Å². The molecule has 7 heteroatoms. The summed E-state index contributed by atoms with van der Waals surface area (Å²) < 4.78 is 16.3. The number of rotatable bonds is 6. The predicted molar refractivity (Wildman–Crippen MR) is 106 cm³/mol. The third kappa shape index (κ3) is 4.03. The van der Waals surface area contributed by atoms with E-state index in [0.717, 1.165) is 0 Å². The fraction of sp³-hybridized carbons (Fsp3) is 0.190. The molecule has 1 amide bonds. The molecule has 0 unspecified atom stereocenters. The molecule has 0 saturated carbocycles. The van der Waals surface area contributed by atoms with Gasteiger partial charge >= 0.3 is 6.01 Å². The monoisotopic (exact) mass is 379 g/mol. The molecule has 0 atom stereocenters. The lowest BCUT2D eigenvalue weighted by molar-refractivity contribution is 0.102. The predicted octanol–water partition coefficient (Wildman–Crippen LogP) is 4.16. The van der Waals surface area contributed by atoms with Crippen LogP contribution in [0.15, 0.2) is 48.5 Å². The minimum absolute atomic E-state index is 0.221. The van der Waals surface area contributed by atoms with Crippen LogP contribution in [0.4, 0.5) is 5.69 Å². The molecule has 0 aliphatic carbocycles. The van der Waals surface area contributed by atoms with Gasteiger partial charge in [0, 0.05) is 0 Å².